The van der Waals surface area contributed by atoms with E-state index in [1.54, 1.807) is 0 Å². The minimum absolute atomic E-state index is 0.184. The number of amidine groups is 1. The zero-order chi connectivity index (χ0) is 14.5. The minimum atomic E-state index is -0.492. The van der Waals surface area contributed by atoms with E-state index < -0.39 is 5.82 Å². The molecule has 6 heteroatoms. The highest BCUT2D eigenvalue weighted by Crippen LogP contribution is 2.19. The number of benzene rings is 1. The molecule has 0 bridgehead atoms. The quantitative estimate of drug-likeness (QED) is 0.505. The molecule has 1 aliphatic rings. The molecule has 1 aromatic rings. The molecule has 0 heterocycles. The number of rotatable bonds is 3. The average molecular weight is 278 g/mol. The molecule has 2 rings (SSSR count). The van der Waals surface area contributed by atoms with Crippen molar-refractivity contribution in [2.45, 2.75) is 38.1 Å². The van der Waals surface area contributed by atoms with Crippen molar-refractivity contribution in [3.63, 3.8) is 0 Å². The summed E-state index contributed by atoms with van der Waals surface area (Å²) in [5.41, 5.74) is 5.91. The van der Waals surface area contributed by atoms with Gasteiger partial charge in [0.25, 0.3) is 0 Å². The standard InChI is InChI=1S/C14H19FN4O/c15-9-6-7-12(11(8-9)13(16)17)19-14(20)18-10-4-2-1-3-5-10/h6-8,10H,1-5H2,(H3,16,17)(H2,18,19,20). The minimum Gasteiger partial charge on any atom is -0.384 e. The first-order valence-electron chi connectivity index (χ1n) is 6.77. The number of carbonyl (C=O) groups is 1. The number of nitrogen functional groups attached to an aromatic ring is 1. The summed E-state index contributed by atoms with van der Waals surface area (Å²) >= 11 is 0. The van der Waals surface area contributed by atoms with Crippen molar-refractivity contribution in [2.24, 2.45) is 5.73 Å². The number of nitrogens with two attached hydrogens (primary N) is 1. The van der Waals surface area contributed by atoms with Crippen LogP contribution in [-0.4, -0.2) is 17.9 Å². The zero-order valence-corrected chi connectivity index (χ0v) is 11.2. The molecule has 0 unspecified atom stereocenters. The number of amides is 2. The maximum absolute atomic E-state index is 13.1. The lowest BCUT2D eigenvalue weighted by Gasteiger charge is -2.23. The Labute approximate surface area is 117 Å². The molecule has 1 aliphatic carbocycles. The molecule has 20 heavy (non-hydrogen) atoms. The second-order valence-corrected chi connectivity index (χ2v) is 5.04. The Morgan fingerprint density at radius 2 is 2.00 bits per heavy atom. The van der Waals surface area contributed by atoms with Gasteiger partial charge in [-0.15, -0.1) is 0 Å². The van der Waals surface area contributed by atoms with Crippen molar-refractivity contribution in [3.05, 3.63) is 29.6 Å². The van der Waals surface area contributed by atoms with Crippen LogP contribution >= 0.6 is 0 Å². The van der Waals surface area contributed by atoms with E-state index in [9.17, 15) is 9.18 Å². The lowest BCUT2D eigenvalue weighted by Crippen LogP contribution is -2.39. The normalized spacial score (nSPS) is 15.7. The highest BCUT2D eigenvalue weighted by Gasteiger charge is 2.16. The maximum atomic E-state index is 13.1. The van der Waals surface area contributed by atoms with Crippen LogP contribution < -0.4 is 16.4 Å². The second-order valence-electron chi connectivity index (χ2n) is 5.04. The van der Waals surface area contributed by atoms with Crippen molar-refractivity contribution in [2.75, 3.05) is 5.32 Å². The lowest BCUT2D eigenvalue weighted by atomic mass is 9.96. The van der Waals surface area contributed by atoms with Gasteiger partial charge in [-0.2, -0.15) is 0 Å². The van der Waals surface area contributed by atoms with Gasteiger partial charge in [-0.1, -0.05) is 19.3 Å². The third kappa shape index (κ3) is 3.69. The van der Waals surface area contributed by atoms with E-state index in [-0.39, 0.29) is 23.5 Å². The van der Waals surface area contributed by atoms with Crippen LogP contribution in [0.2, 0.25) is 0 Å². The van der Waals surface area contributed by atoms with Crippen LogP contribution in [0, 0.1) is 11.2 Å². The van der Waals surface area contributed by atoms with Gasteiger partial charge in [0, 0.05) is 11.6 Å². The molecular weight excluding hydrogens is 259 g/mol. The number of carbonyl (C=O) groups excluding carboxylic acids is 1. The molecule has 0 saturated heterocycles. The Hall–Kier alpha value is -2.11. The molecule has 1 aromatic carbocycles. The number of urea groups is 1. The third-order valence-electron chi connectivity index (χ3n) is 3.46. The van der Waals surface area contributed by atoms with E-state index >= 15 is 0 Å². The number of anilines is 1. The Balaban J connectivity index is 2.01. The van der Waals surface area contributed by atoms with Crippen molar-refractivity contribution >= 4 is 17.6 Å². The molecule has 108 valence electrons. The molecule has 2 amide bonds. The lowest BCUT2D eigenvalue weighted by molar-refractivity contribution is 0.244. The Kier molecular flexibility index (Phi) is 4.55. The highest BCUT2D eigenvalue weighted by atomic mass is 19.1. The average Bonchev–Trinajstić information content (AvgIpc) is 2.41. The molecule has 0 aromatic heterocycles. The van der Waals surface area contributed by atoms with Crippen molar-refractivity contribution in [1.82, 2.24) is 5.32 Å². The van der Waals surface area contributed by atoms with Crippen LogP contribution in [0.3, 0.4) is 0 Å². The summed E-state index contributed by atoms with van der Waals surface area (Å²) < 4.78 is 13.1. The summed E-state index contributed by atoms with van der Waals surface area (Å²) in [6.45, 7) is 0. The van der Waals surface area contributed by atoms with Gasteiger partial charge in [0.05, 0.1) is 5.69 Å². The van der Waals surface area contributed by atoms with E-state index in [1.807, 2.05) is 0 Å². The van der Waals surface area contributed by atoms with Gasteiger partial charge in [0.2, 0.25) is 0 Å². The molecule has 5 nitrogen and oxygen atoms in total. The molecule has 0 atom stereocenters. The van der Waals surface area contributed by atoms with Gasteiger partial charge >= 0.3 is 6.03 Å². The fourth-order valence-electron chi connectivity index (χ4n) is 2.44. The predicted octanol–water partition coefficient (Wildman–Crippen LogP) is 2.56. The molecule has 1 fully saturated rings. The van der Waals surface area contributed by atoms with E-state index in [0.29, 0.717) is 5.69 Å². The van der Waals surface area contributed by atoms with Crippen molar-refractivity contribution < 1.29 is 9.18 Å². The smallest absolute Gasteiger partial charge is 0.319 e. The van der Waals surface area contributed by atoms with Crippen LogP contribution in [0.1, 0.15) is 37.7 Å². The highest BCUT2D eigenvalue weighted by molar-refractivity contribution is 6.03. The fourth-order valence-corrected chi connectivity index (χ4v) is 2.44. The first-order chi connectivity index (χ1) is 9.56. The molecule has 1 saturated carbocycles. The molecule has 0 aliphatic heterocycles. The summed E-state index contributed by atoms with van der Waals surface area (Å²) in [5, 5.41) is 12.9. The van der Waals surface area contributed by atoms with E-state index in [4.69, 9.17) is 11.1 Å². The van der Waals surface area contributed by atoms with Crippen LogP contribution in [-0.2, 0) is 0 Å². The van der Waals surface area contributed by atoms with Gasteiger partial charge in [-0.3, -0.25) is 5.41 Å². The van der Waals surface area contributed by atoms with Gasteiger partial charge in [0.15, 0.2) is 0 Å². The van der Waals surface area contributed by atoms with Crippen LogP contribution in [0.4, 0.5) is 14.9 Å². The molecular formula is C14H19FN4O. The Morgan fingerprint density at radius 3 is 2.65 bits per heavy atom. The first kappa shape index (κ1) is 14.3. The molecule has 0 spiro atoms. The monoisotopic (exact) mass is 278 g/mol. The van der Waals surface area contributed by atoms with Crippen molar-refractivity contribution in [1.29, 1.82) is 5.41 Å². The topological polar surface area (TPSA) is 91.0 Å². The van der Waals surface area contributed by atoms with Gasteiger partial charge < -0.3 is 16.4 Å². The summed E-state index contributed by atoms with van der Waals surface area (Å²) in [4.78, 5) is 11.9. The van der Waals surface area contributed by atoms with E-state index in [2.05, 4.69) is 10.6 Å². The van der Waals surface area contributed by atoms with Crippen LogP contribution in [0.15, 0.2) is 18.2 Å². The maximum Gasteiger partial charge on any atom is 0.319 e. The summed E-state index contributed by atoms with van der Waals surface area (Å²) in [5.74, 6) is -0.772. The largest absolute Gasteiger partial charge is 0.384 e. The third-order valence-corrected chi connectivity index (χ3v) is 3.46. The van der Waals surface area contributed by atoms with Crippen LogP contribution in [0.25, 0.3) is 0 Å². The number of hydrogen-bond donors (Lipinski definition) is 4. The van der Waals surface area contributed by atoms with Gasteiger partial charge in [-0.25, -0.2) is 9.18 Å². The fraction of sp³-hybridized carbons (Fsp3) is 0.429. The number of halogens is 1. The number of hydrogen-bond acceptors (Lipinski definition) is 2. The van der Waals surface area contributed by atoms with E-state index in [1.165, 1.54) is 18.6 Å². The van der Waals surface area contributed by atoms with Gasteiger partial charge in [0.1, 0.15) is 11.7 Å². The van der Waals surface area contributed by atoms with Crippen molar-refractivity contribution in [3.8, 4) is 0 Å². The van der Waals surface area contributed by atoms with E-state index in [0.717, 1.165) is 31.7 Å². The zero-order valence-electron chi connectivity index (χ0n) is 11.2. The summed E-state index contributed by atoms with van der Waals surface area (Å²) in [6.07, 6.45) is 5.43. The molecule has 5 N–H and O–H groups in total. The number of nitrogens with one attached hydrogen (secondary N) is 3. The predicted molar refractivity (Wildman–Crippen MR) is 76.4 cm³/mol. The second kappa shape index (κ2) is 6.36. The first-order valence-corrected chi connectivity index (χ1v) is 6.77. The molecule has 0 radical (unpaired) electrons. The SMILES string of the molecule is N=C(N)c1cc(F)ccc1NC(=O)NC1CCCCC1. The Morgan fingerprint density at radius 1 is 1.30 bits per heavy atom. The summed E-state index contributed by atoms with van der Waals surface area (Å²) in [6, 6.07) is 3.62. The summed E-state index contributed by atoms with van der Waals surface area (Å²) in [7, 11) is 0. The van der Waals surface area contributed by atoms with Gasteiger partial charge in [-0.05, 0) is 31.0 Å². The van der Waals surface area contributed by atoms with Crippen LogP contribution in [0.5, 0.6) is 0 Å². The Bertz CT molecular complexity index is 512.